The van der Waals surface area contributed by atoms with E-state index in [9.17, 15) is 0 Å². The minimum atomic E-state index is 0.773. The lowest BCUT2D eigenvalue weighted by Gasteiger charge is -2.34. The Hall–Kier alpha value is -1.30. The Morgan fingerprint density at radius 1 is 0.833 bits per heavy atom. The average molecular weight is 420 g/mol. The van der Waals surface area contributed by atoms with Gasteiger partial charge in [-0.05, 0) is 43.6 Å². The third-order valence-electron chi connectivity index (χ3n) is 6.03. The molecule has 1 aliphatic heterocycles. The highest BCUT2D eigenvalue weighted by atomic mass is 16.5. The maximum Gasteiger partial charge on any atom is 0.161 e. The number of hydrogen-bond acceptors (Lipinski definition) is 5. The molecule has 0 bridgehead atoms. The highest BCUT2D eigenvalue weighted by molar-refractivity contribution is 5.43. The minimum absolute atomic E-state index is 0.773. The molecule has 5 heteroatoms. The van der Waals surface area contributed by atoms with Gasteiger partial charge >= 0.3 is 0 Å². The van der Waals surface area contributed by atoms with E-state index >= 15 is 0 Å². The smallest absolute Gasteiger partial charge is 0.161 e. The van der Waals surface area contributed by atoms with E-state index in [4.69, 9.17) is 15.2 Å². The van der Waals surface area contributed by atoms with Crippen LogP contribution in [0.1, 0.15) is 70.3 Å². The van der Waals surface area contributed by atoms with Gasteiger partial charge < -0.3 is 20.1 Å². The van der Waals surface area contributed by atoms with Crippen LogP contribution in [0.15, 0.2) is 18.2 Å². The molecule has 2 rings (SSSR count). The molecule has 1 heterocycles. The van der Waals surface area contributed by atoms with Crippen LogP contribution in [-0.2, 0) is 6.54 Å². The predicted molar refractivity (Wildman–Crippen MR) is 126 cm³/mol. The van der Waals surface area contributed by atoms with E-state index in [2.05, 4.69) is 34.9 Å². The van der Waals surface area contributed by atoms with Crippen molar-refractivity contribution in [2.24, 2.45) is 5.73 Å². The molecule has 2 N–H and O–H groups in total. The van der Waals surface area contributed by atoms with Gasteiger partial charge in [-0.3, -0.25) is 4.90 Å². The standard InChI is InChI=1S/C25H45N3O2/c1-3-4-5-6-7-8-9-10-20-30-24-13-12-23(21-25(24)29-2)22-28-18-16-27(17-19-28)15-11-14-26/h12-13,21H,3-11,14-20,22,26H2,1-2H3. The third kappa shape index (κ3) is 9.67. The van der Waals surface area contributed by atoms with Crippen LogP contribution in [0.5, 0.6) is 11.5 Å². The molecule has 1 aromatic rings. The molecule has 0 unspecified atom stereocenters. The third-order valence-corrected chi connectivity index (χ3v) is 6.03. The summed E-state index contributed by atoms with van der Waals surface area (Å²) in [5, 5.41) is 0. The van der Waals surface area contributed by atoms with Gasteiger partial charge in [0.05, 0.1) is 13.7 Å². The lowest BCUT2D eigenvalue weighted by molar-refractivity contribution is 0.126. The van der Waals surface area contributed by atoms with E-state index in [0.29, 0.717) is 0 Å². The first-order chi connectivity index (χ1) is 14.8. The number of piperazine rings is 1. The fourth-order valence-corrected chi connectivity index (χ4v) is 4.09. The maximum atomic E-state index is 6.01. The summed E-state index contributed by atoms with van der Waals surface area (Å²) in [6, 6.07) is 6.41. The quantitative estimate of drug-likeness (QED) is 0.394. The summed E-state index contributed by atoms with van der Waals surface area (Å²) < 4.78 is 11.6. The highest BCUT2D eigenvalue weighted by Gasteiger charge is 2.17. The van der Waals surface area contributed by atoms with Crippen molar-refractivity contribution in [2.75, 3.05) is 53.0 Å². The first-order valence-electron chi connectivity index (χ1n) is 12.2. The zero-order valence-electron chi connectivity index (χ0n) is 19.5. The van der Waals surface area contributed by atoms with Crippen LogP contribution in [0.25, 0.3) is 0 Å². The summed E-state index contributed by atoms with van der Waals surface area (Å²) in [6.45, 7) is 10.4. The monoisotopic (exact) mass is 419 g/mol. The van der Waals surface area contributed by atoms with E-state index in [1.807, 2.05) is 0 Å². The van der Waals surface area contributed by atoms with Crippen molar-refractivity contribution >= 4 is 0 Å². The van der Waals surface area contributed by atoms with Crippen LogP contribution in [-0.4, -0.2) is 62.8 Å². The van der Waals surface area contributed by atoms with Crippen LogP contribution in [0.3, 0.4) is 0 Å². The molecular weight excluding hydrogens is 374 g/mol. The second kappa shape index (κ2) is 15.5. The van der Waals surface area contributed by atoms with Gasteiger partial charge in [-0.2, -0.15) is 0 Å². The first kappa shape index (κ1) is 25.0. The van der Waals surface area contributed by atoms with Gasteiger partial charge in [0.2, 0.25) is 0 Å². The van der Waals surface area contributed by atoms with Crippen molar-refractivity contribution in [1.29, 1.82) is 0 Å². The Labute approximate surface area is 184 Å². The van der Waals surface area contributed by atoms with E-state index in [1.54, 1.807) is 7.11 Å². The summed E-state index contributed by atoms with van der Waals surface area (Å²) in [5.74, 6) is 1.73. The molecule has 0 atom stereocenters. The van der Waals surface area contributed by atoms with Gasteiger partial charge in [0, 0.05) is 32.7 Å². The lowest BCUT2D eigenvalue weighted by atomic mass is 10.1. The van der Waals surface area contributed by atoms with Crippen molar-refractivity contribution in [3.8, 4) is 11.5 Å². The Kier molecular flexibility index (Phi) is 12.9. The molecule has 1 aliphatic rings. The molecule has 172 valence electrons. The van der Waals surface area contributed by atoms with Crippen molar-refractivity contribution in [3.63, 3.8) is 0 Å². The number of ether oxygens (including phenoxy) is 2. The molecule has 0 aromatic heterocycles. The summed E-state index contributed by atoms with van der Waals surface area (Å²) >= 11 is 0. The number of nitrogens with two attached hydrogens (primary N) is 1. The molecule has 0 aliphatic carbocycles. The van der Waals surface area contributed by atoms with Crippen molar-refractivity contribution in [3.05, 3.63) is 23.8 Å². The van der Waals surface area contributed by atoms with Crippen LogP contribution >= 0.6 is 0 Å². The second-order valence-corrected chi connectivity index (χ2v) is 8.57. The van der Waals surface area contributed by atoms with Gasteiger partial charge in [-0.15, -0.1) is 0 Å². The molecule has 30 heavy (non-hydrogen) atoms. The first-order valence-corrected chi connectivity index (χ1v) is 12.2. The fourth-order valence-electron chi connectivity index (χ4n) is 4.09. The van der Waals surface area contributed by atoms with Gasteiger partial charge in [0.1, 0.15) is 0 Å². The number of nitrogens with zero attached hydrogens (tertiary/aromatic N) is 2. The fraction of sp³-hybridized carbons (Fsp3) is 0.760. The molecular formula is C25H45N3O2. The topological polar surface area (TPSA) is 51.0 Å². The zero-order chi connectivity index (χ0) is 21.4. The molecule has 0 amide bonds. The van der Waals surface area contributed by atoms with E-state index in [-0.39, 0.29) is 0 Å². The Morgan fingerprint density at radius 2 is 1.50 bits per heavy atom. The molecule has 0 saturated carbocycles. The molecule has 1 aromatic carbocycles. The molecule has 0 spiro atoms. The summed E-state index contributed by atoms with van der Waals surface area (Å²) in [7, 11) is 1.73. The Morgan fingerprint density at radius 3 is 2.17 bits per heavy atom. The van der Waals surface area contributed by atoms with E-state index in [1.165, 1.54) is 50.5 Å². The molecule has 1 saturated heterocycles. The highest BCUT2D eigenvalue weighted by Crippen LogP contribution is 2.29. The number of unbranched alkanes of at least 4 members (excludes halogenated alkanes) is 7. The van der Waals surface area contributed by atoms with Gasteiger partial charge in [0.25, 0.3) is 0 Å². The SMILES string of the molecule is CCCCCCCCCCOc1ccc(CN2CCN(CCCN)CC2)cc1OC. The summed E-state index contributed by atoms with van der Waals surface area (Å²) in [5.41, 5.74) is 6.92. The second-order valence-electron chi connectivity index (χ2n) is 8.57. The number of rotatable bonds is 16. The maximum absolute atomic E-state index is 6.01. The van der Waals surface area contributed by atoms with Crippen LogP contribution in [0.2, 0.25) is 0 Å². The zero-order valence-corrected chi connectivity index (χ0v) is 19.5. The lowest BCUT2D eigenvalue weighted by Crippen LogP contribution is -2.46. The van der Waals surface area contributed by atoms with Gasteiger partial charge in [-0.1, -0.05) is 57.9 Å². The van der Waals surface area contributed by atoms with Crippen LogP contribution in [0, 0.1) is 0 Å². The Bertz CT molecular complexity index is 559. The minimum Gasteiger partial charge on any atom is -0.493 e. The average Bonchev–Trinajstić information content (AvgIpc) is 2.78. The molecule has 0 radical (unpaired) electrons. The number of benzene rings is 1. The Balaban J connectivity index is 1.67. The van der Waals surface area contributed by atoms with E-state index < -0.39 is 0 Å². The van der Waals surface area contributed by atoms with Crippen molar-refractivity contribution < 1.29 is 9.47 Å². The molecule has 5 nitrogen and oxygen atoms in total. The normalized spacial score (nSPS) is 15.4. The predicted octanol–water partition coefficient (Wildman–Crippen LogP) is 4.68. The summed E-state index contributed by atoms with van der Waals surface area (Å²) in [6.07, 6.45) is 11.6. The largest absolute Gasteiger partial charge is 0.493 e. The van der Waals surface area contributed by atoms with Crippen LogP contribution < -0.4 is 15.2 Å². The molecule has 1 fully saturated rings. The van der Waals surface area contributed by atoms with Crippen molar-refractivity contribution in [2.45, 2.75) is 71.3 Å². The van der Waals surface area contributed by atoms with Gasteiger partial charge in [0.15, 0.2) is 11.5 Å². The van der Waals surface area contributed by atoms with E-state index in [0.717, 1.165) is 76.8 Å². The van der Waals surface area contributed by atoms with Crippen molar-refractivity contribution in [1.82, 2.24) is 9.80 Å². The van der Waals surface area contributed by atoms with Crippen LogP contribution in [0.4, 0.5) is 0 Å². The van der Waals surface area contributed by atoms with Gasteiger partial charge in [-0.25, -0.2) is 0 Å². The number of methoxy groups -OCH3 is 1. The summed E-state index contributed by atoms with van der Waals surface area (Å²) in [4.78, 5) is 5.04. The number of hydrogen-bond donors (Lipinski definition) is 1.